The maximum atomic E-state index is 13.4. The molecule has 1 aliphatic heterocycles. The largest absolute Gasteiger partial charge is 0.383 e. The maximum absolute atomic E-state index is 13.4. The molecule has 8 nitrogen and oxygen atoms in total. The van der Waals surface area contributed by atoms with Gasteiger partial charge >= 0.3 is 10.1 Å². The van der Waals surface area contributed by atoms with E-state index in [1.807, 2.05) is 36.4 Å². The molecule has 0 saturated carbocycles. The zero-order chi connectivity index (χ0) is 22.2. The number of amides is 1. The molecule has 0 unspecified atom stereocenters. The number of guanidine groups is 1. The summed E-state index contributed by atoms with van der Waals surface area (Å²) < 4.78 is 27.7. The number of aromatic nitrogens is 1. The van der Waals surface area contributed by atoms with Gasteiger partial charge in [0.2, 0.25) is 0 Å². The second-order valence-electron chi connectivity index (χ2n) is 7.18. The lowest BCUT2D eigenvalue weighted by Gasteiger charge is -2.26. The molecule has 3 aromatic rings. The number of rotatable bonds is 5. The van der Waals surface area contributed by atoms with Crippen molar-refractivity contribution in [3.63, 3.8) is 0 Å². The summed E-state index contributed by atoms with van der Waals surface area (Å²) >= 11 is 0. The van der Waals surface area contributed by atoms with Gasteiger partial charge in [-0.25, -0.2) is 4.99 Å². The van der Waals surface area contributed by atoms with Gasteiger partial charge in [0.25, 0.3) is 5.91 Å². The summed E-state index contributed by atoms with van der Waals surface area (Å²) in [7, 11) is -2.11. The van der Waals surface area contributed by atoms with Gasteiger partial charge in [0, 0.05) is 19.4 Å². The molecule has 4 rings (SSSR count). The molecular weight excluding hydrogens is 416 g/mol. The highest BCUT2D eigenvalue weighted by Crippen LogP contribution is 2.41. The van der Waals surface area contributed by atoms with E-state index < -0.39 is 15.7 Å². The Hall–Kier alpha value is -3.72. The molecule has 158 valence electrons. The third kappa shape index (κ3) is 3.75. The summed E-state index contributed by atoms with van der Waals surface area (Å²) in [5.74, 6) is -0.0837. The highest BCUT2D eigenvalue weighted by Gasteiger charge is 2.49. The molecule has 0 fully saturated rings. The summed E-state index contributed by atoms with van der Waals surface area (Å²) in [6.07, 6.45) is 4.39. The fraction of sp³-hybridized carbons (Fsp3) is 0.136. The molecular formula is C22H20N4O4S. The van der Waals surface area contributed by atoms with Gasteiger partial charge in [0.15, 0.2) is 11.5 Å². The molecule has 1 aromatic heterocycles. The van der Waals surface area contributed by atoms with Gasteiger partial charge in [-0.1, -0.05) is 36.4 Å². The van der Waals surface area contributed by atoms with Gasteiger partial charge in [-0.15, -0.1) is 0 Å². The van der Waals surface area contributed by atoms with E-state index >= 15 is 0 Å². The van der Waals surface area contributed by atoms with Crippen molar-refractivity contribution in [2.24, 2.45) is 10.7 Å². The molecule has 31 heavy (non-hydrogen) atoms. The van der Waals surface area contributed by atoms with Crippen LogP contribution in [0, 0.1) is 0 Å². The molecule has 0 spiro atoms. The Balaban J connectivity index is 1.86. The van der Waals surface area contributed by atoms with Crippen molar-refractivity contribution < 1.29 is 17.4 Å². The van der Waals surface area contributed by atoms with Crippen LogP contribution in [0.2, 0.25) is 0 Å². The van der Waals surface area contributed by atoms with E-state index in [2.05, 4.69) is 9.98 Å². The third-order valence-electron chi connectivity index (χ3n) is 5.03. The molecule has 9 heteroatoms. The molecule has 1 amide bonds. The highest BCUT2D eigenvalue weighted by atomic mass is 32.2. The number of carbonyl (C=O) groups excluding carboxylic acids is 1. The Morgan fingerprint density at radius 3 is 2.29 bits per heavy atom. The van der Waals surface area contributed by atoms with E-state index in [4.69, 9.17) is 9.92 Å². The van der Waals surface area contributed by atoms with Gasteiger partial charge in [-0.3, -0.25) is 14.7 Å². The van der Waals surface area contributed by atoms with Crippen LogP contribution in [-0.2, 0) is 20.5 Å². The number of carbonyl (C=O) groups is 1. The number of benzene rings is 2. The van der Waals surface area contributed by atoms with E-state index in [9.17, 15) is 13.2 Å². The molecule has 0 saturated heterocycles. The van der Waals surface area contributed by atoms with Crippen molar-refractivity contribution in [1.29, 1.82) is 0 Å². The fourth-order valence-electron chi connectivity index (χ4n) is 3.57. The molecule has 1 aliphatic rings. The van der Waals surface area contributed by atoms with Crippen molar-refractivity contribution in [2.45, 2.75) is 5.54 Å². The van der Waals surface area contributed by atoms with E-state index in [-0.39, 0.29) is 17.6 Å². The topological polar surface area (TPSA) is 115 Å². The van der Waals surface area contributed by atoms with Gasteiger partial charge in [0.1, 0.15) is 5.75 Å². The highest BCUT2D eigenvalue weighted by molar-refractivity contribution is 7.86. The number of likely N-dealkylation sites (N-methyl/N-ethyl adjacent to an activating group) is 1. The van der Waals surface area contributed by atoms with Crippen LogP contribution in [0.15, 0.2) is 78.0 Å². The van der Waals surface area contributed by atoms with Gasteiger partial charge in [-0.05, 0) is 46.5 Å². The first-order valence-electron chi connectivity index (χ1n) is 9.35. The van der Waals surface area contributed by atoms with Crippen LogP contribution < -0.4 is 9.92 Å². The number of nitrogens with two attached hydrogens (primary N) is 1. The summed E-state index contributed by atoms with van der Waals surface area (Å²) in [6.45, 7) is 0. The predicted octanol–water partition coefficient (Wildman–Crippen LogP) is 2.12. The first-order valence-corrected chi connectivity index (χ1v) is 11.2. The number of aliphatic imine (C=N–C) groups is 1. The van der Waals surface area contributed by atoms with Crippen molar-refractivity contribution in [3.8, 4) is 16.9 Å². The van der Waals surface area contributed by atoms with Gasteiger partial charge < -0.3 is 9.92 Å². The number of pyridine rings is 1. The Bertz CT molecular complexity index is 1270. The summed E-state index contributed by atoms with van der Waals surface area (Å²) in [5.41, 5.74) is 7.55. The van der Waals surface area contributed by atoms with E-state index in [0.717, 1.165) is 17.4 Å². The maximum Gasteiger partial charge on any atom is 0.306 e. The van der Waals surface area contributed by atoms with E-state index in [1.54, 1.807) is 31.6 Å². The van der Waals surface area contributed by atoms with Crippen LogP contribution in [0.25, 0.3) is 11.1 Å². The van der Waals surface area contributed by atoms with Gasteiger partial charge in [-0.2, -0.15) is 8.42 Å². The molecule has 0 radical (unpaired) electrons. The van der Waals surface area contributed by atoms with Crippen molar-refractivity contribution in [1.82, 2.24) is 9.88 Å². The smallest absolute Gasteiger partial charge is 0.306 e. The zero-order valence-corrected chi connectivity index (χ0v) is 17.7. The Labute approximate surface area is 180 Å². The first kappa shape index (κ1) is 20.5. The van der Waals surface area contributed by atoms with E-state index in [1.165, 1.54) is 17.0 Å². The molecule has 2 N–H and O–H groups in total. The standard InChI is InChI=1S/C22H20N4O4S/c1-26-20(27)22(25-21(26)23,17-8-10-19(11-9-17)30-31(2,28)29)18-7-3-5-15(13-18)16-6-4-12-24-14-16/h3-14H,1-2H3,(H2,23,25)/t22-/m0/s1. The second kappa shape index (κ2) is 7.51. The molecule has 2 heterocycles. The van der Waals surface area contributed by atoms with E-state index in [0.29, 0.717) is 11.1 Å². The monoisotopic (exact) mass is 436 g/mol. The van der Waals surface area contributed by atoms with Crippen LogP contribution in [0.3, 0.4) is 0 Å². The second-order valence-corrected chi connectivity index (χ2v) is 8.75. The van der Waals surface area contributed by atoms with Crippen molar-refractivity contribution in [2.75, 3.05) is 13.3 Å². The van der Waals surface area contributed by atoms with Crippen LogP contribution in [0.1, 0.15) is 11.1 Å². The number of nitrogens with zero attached hydrogens (tertiary/aromatic N) is 3. The first-order chi connectivity index (χ1) is 14.7. The zero-order valence-electron chi connectivity index (χ0n) is 16.9. The van der Waals surface area contributed by atoms with Crippen molar-refractivity contribution >= 4 is 22.0 Å². The van der Waals surface area contributed by atoms with Gasteiger partial charge in [0.05, 0.1) is 6.26 Å². The average molecular weight is 436 g/mol. The molecule has 0 aliphatic carbocycles. The quantitative estimate of drug-likeness (QED) is 0.613. The minimum absolute atomic E-state index is 0.0910. The number of hydrogen-bond acceptors (Lipinski definition) is 7. The normalized spacial score (nSPS) is 18.7. The molecule has 0 bridgehead atoms. The van der Waals surface area contributed by atoms with Crippen molar-refractivity contribution in [3.05, 3.63) is 84.2 Å². The molecule has 1 atom stereocenters. The van der Waals surface area contributed by atoms with Crippen LogP contribution in [0.4, 0.5) is 0 Å². The van der Waals surface area contributed by atoms with Crippen LogP contribution in [0.5, 0.6) is 5.75 Å². The lowest BCUT2D eigenvalue weighted by atomic mass is 9.82. The Morgan fingerprint density at radius 2 is 1.71 bits per heavy atom. The summed E-state index contributed by atoms with van der Waals surface area (Å²) in [5, 5.41) is 0. The SMILES string of the molecule is CN1C(=O)[C@](c2ccc(OS(C)(=O)=O)cc2)(c2cccc(-c3cccnc3)c2)N=C1N. The number of hydrogen-bond donors (Lipinski definition) is 1. The van der Waals surface area contributed by atoms with Crippen LogP contribution in [-0.4, -0.2) is 43.5 Å². The minimum atomic E-state index is -3.67. The van der Waals surface area contributed by atoms with Crippen LogP contribution >= 0.6 is 0 Å². The summed E-state index contributed by atoms with van der Waals surface area (Å²) in [4.78, 5) is 23.4. The average Bonchev–Trinajstić information content (AvgIpc) is 2.99. The fourth-order valence-corrected chi connectivity index (χ4v) is 4.03. The third-order valence-corrected chi connectivity index (χ3v) is 5.53. The lowest BCUT2D eigenvalue weighted by Crippen LogP contribution is -2.41. The Morgan fingerprint density at radius 1 is 1.00 bits per heavy atom. The lowest BCUT2D eigenvalue weighted by molar-refractivity contribution is -0.129. The minimum Gasteiger partial charge on any atom is -0.383 e. The predicted molar refractivity (Wildman–Crippen MR) is 117 cm³/mol. The summed E-state index contributed by atoms with van der Waals surface area (Å²) in [6, 6.07) is 17.4. The Kier molecular flexibility index (Phi) is 4.98. The molecule has 2 aromatic carbocycles.